The summed E-state index contributed by atoms with van der Waals surface area (Å²) in [6.45, 7) is 6.74. The molecule has 0 radical (unpaired) electrons. The van der Waals surface area contributed by atoms with Crippen molar-refractivity contribution in [3.05, 3.63) is 16.3 Å². The van der Waals surface area contributed by atoms with Crippen LogP contribution in [0.4, 0.5) is 5.82 Å². The maximum absolute atomic E-state index is 11.4. The molecule has 0 fully saturated rings. The second kappa shape index (κ2) is 5.82. The van der Waals surface area contributed by atoms with E-state index < -0.39 is 0 Å². The van der Waals surface area contributed by atoms with Crippen LogP contribution in [0.15, 0.2) is 0 Å². The molecule has 1 rings (SSSR count). The average Bonchev–Trinajstić information content (AvgIpc) is 2.33. The highest BCUT2D eigenvalue weighted by Crippen LogP contribution is 2.23. The van der Waals surface area contributed by atoms with Gasteiger partial charge < -0.3 is 10.2 Å². The molecular formula is C11H17ClN4O. The normalized spacial score (nSPS) is 10.2. The SMILES string of the molecule is CCN(CC(=O)NC)c1nnc(Cl)c(C)c1C. The van der Waals surface area contributed by atoms with Crippen LogP contribution in [-0.2, 0) is 4.79 Å². The number of hydrogen-bond donors (Lipinski definition) is 1. The molecule has 1 heterocycles. The third-order valence-electron chi connectivity index (χ3n) is 2.73. The fraction of sp³-hybridized carbons (Fsp3) is 0.545. The van der Waals surface area contributed by atoms with E-state index in [-0.39, 0.29) is 12.5 Å². The zero-order valence-corrected chi connectivity index (χ0v) is 11.3. The van der Waals surface area contributed by atoms with Crippen molar-refractivity contribution in [1.29, 1.82) is 0 Å². The van der Waals surface area contributed by atoms with E-state index in [1.165, 1.54) is 0 Å². The van der Waals surface area contributed by atoms with Crippen molar-refractivity contribution >= 4 is 23.3 Å². The van der Waals surface area contributed by atoms with Crippen molar-refractivity contribution in [2.24, 2.45) is 0 Å². The first-order chi connectivity index (χ1) is 8.01. The summed E-state index contributed by atoms with van der Waals surface area (Å²) in [6, 6.07) is 0. The Balaban J connectivity index is 3.04. The van der Waals surface area contributed by atoms with E-state index in [2.05, 4.69) is 15.5 Å². The van der Waals surface area contributed by atoms with Crippen molar-refractivity contribution in [2.75, 3.05) is 25.0 Å². The molecule has 1 aromatic rings. The molecule has 0 spiro atoms. The summed E-state index contributed by atoms with van der Waals surface area (Å²) in [5.74, 6) is 0.652. The fourth-order valence-electron chi connectivity index (χ4n) is 1.45. The van der Waals surface area contributed by atoms with Crippen LogP contribution in [-0.4, -0.2) is 36.2 Å². The lowest BCUT2D eigenvalue weighted by Gasteiger charge is -2.22. The number of likely N-dealkylation sites (N-methyl/N-ethyl adjacent to an activating group) is 2. The van der Waals surface area contributed by atoms with Gasteiger partial charge in [-0.1, -0.05) is 11.6 Å². The van der Waals surface area contributed by atoms with E-state index in [0.717, 1.165) is 11.1 Å². The molecule has 1 amide bonds. The lowest BCUT2D eigenvalue weighted by atomic mass is 10.2. The van der Waals surface area contributed by atoms with Crippen LogP contribution in [0.5, 0.6) is 0 Å². The molecule has 1 aromatic heterocycles. The summed E-state index contributed by atoms with van der Waals surface area (Å²) in [6.07, 6.45) is 0. The second-order valence-corrected chi connectivity index (χ2v) is 4.11. The Labute approximate surface area is 106 Å². The molecule has 0 aliphatic heterocycles. The monoisotopic (exact) mass is 256 g/mol. The van der Waals surface area contributed by atoms with E-state index in [1.807, 2.05) is 25.7 Å². The number of carbonyl (C=O) groups excluding carboxylic acids is 1. The molecule has 6 heteroatoms. The van der Waals surface area contributed by atoms with E-state index in [4.69, 9.17) is 11.6 Å². The minimum atomic E-state index is -0.0550. The highest BCUT2D eigenvalue weighted by atomic mass is 35.5. The number of nitrogens with zero attached hydrogens (tertiary/aromatic N) is 3. The first-order valence-electron chi connectivity index (χ1n) is 5.46. The van der Waals surface area contributed by atoms with E-state index in [1.54, 1.807) is 7.05 Å². The Bertz CT molecular complexity index is 422. The molecule has 0 aliphatic rings. The highest BCUT2D eigenvalue weighted by molar-refractivity contribution is 6.30. The lowest BCUT2D eigenvalue weighted by Crippen LogP contribution is -2.36. The Morgan fingerprint density at radius 1 is 1.35 bits per heavy atom. The topological polar surface area (TPSA) is 58.1 Å². The standard InChI is InChI=1S/C11H17ClN4O/c1-5-16(6-9(17)13-4)11-8(3)7(2)10(12)14-15-11/h5-6H2,1-4H3,(H,13,17). The number of amides is 1. The molecular weight excluding hydrogens is 240 g/mol. The molecule has 0 atom stereocenters. The molecule has 1 N–H and O–H groups in total. The Morgan fingerprint density at radius 2 is 2.00 bits per heavy atom. The molecule has 17 heavy (non-hydrogen) atoms. The molecule has 94 valence electrons. The molecule has 0 aliphatic carbocycles. The second-order valence-electron chi connectivity index (χ2n) is 3.75. The van der Waals surface area contributed by atoms with Gasteiger partial charge in [0.15, 0.2) is 11.0 Å². The maximum Gasteiger partial charge on any atom is 0.239 e. The zero-order valence-electron chi connectivity index (χ0n) is 10.5. The Kier molecular flexibility index (Phi) is 4.69. The minimum absolute atomic E-state index is 0.0550. The van der Waals surface area contributed by atoms with Gasteiger partial charge in [-0.25, -0.2) is 0 Å². The maximum atomic E-state index is 11.4. The molecule has 0 unspecified atom stereocenters. The van der Waals surface area contributed by atoms with Gasteiger partial charge in [0, 0.05) is 13.6 Å². The van der Waals surface area contributed by atoms with Crippen LogP contribution >= 0.6 is 11.6 Å². The van der Waals surface area contributed by atoms with Crippen molar-refractivity contribution in [3.8, 4) is 0 Å². The summed E-state index contributed by atoms with van der Waals surface area (Å²) in [5, 5.41) is 10.9. The minimum Gasteiger partial charge on any atom is -0.358 e. The van der Waals surface area contributed by atoms with Crippen LogP contribution in [0.1, 0.15) is 18.1 Å². The van der Waals surface area contributed by atoms with Gasteiger partial charge in [-0.15, -0.1) is 10.2 Å². The highest BCUT2D eigenvalue weighted by Gasteiger charge is 2.15. The van der Waals surface area contributed by atoms with Crippen LogP contribution < -0.4 is 10.2 Å². The van der Waals surface area contributed by atoms with Crippen LogP contribution in [0, 0.1) is 13.8 Å². The third-order valence-corrected chi connectivity index (χ3v) is 3.09. The lowest BCUT2D eigenvalue weighted by molar-refractivity contribution is -0.119. The first kappa shape index (κ1) is 13.7. The molecule has 0 saturated carbocycles. The van der Waals surface area contributed by atoms with Gasteiger partial charge in [0.2, 0.25) is 5.91 Å². The van der Waals surface area contributed by atoms with Gasteiger partial charge in [0.05, 0.1) is 6.54 Å². The summed E-state index contributed by atoms with van der Waals surface area (Å²) in [4.78, 5) is 13.3. The van der Waals surface area contributed by atoms with Gasteiger partial charge in [0.25, 0.3) is 0 Å². The quantitative estimate of drug-likeness (QED) is 0.883. The summed E-state index contributed by atoms with van der Waals surface area (Å²) >= 11 is 5.90. The van der Waals surface area contributed by atoms with Crippen molar-refractivity contribution in [3.63, 3.8) is 0 Å². The molecule has 5 nitrogen and oxygen atoms in total. The summed E-state index contributed by atoms with van der Waals surface area (Å²) in [5.41, 5.74) is 1.85. The smallest absolute Gasteiger partial charge is 0.239 e. The van der Waals surface area contributed by atoms with Gasteiger partial charge in [0.1, 0.15) is 0 Å². The number of carbonyl (C=O) groups is 1. The number of anilines is 1. The zero-order chi connectivity index (χ0) is 13.0. The largest absolute Gasteiger partial charge is 0.358 e. The number of aromatic nitrogens is 2. The first-order valence-corrected chi connectivity index (χ1v) is 5.84. The van der Waals surface area contributed by atoms with Crippen LogP contribution in [0.25, 0.3) is 0 Å². The van der Waals surface area contributed by atoms with Crippen LogP contribution in [0.3, 0.4) is 0 Å². The number of rotatable bonds is 4. The molecule has 0 saturated heterocycles. The number of hydrogen-bond acceptors (Lipinski definition) is 4. The van der Waals surface area contributed by atoms with Crippen LogP contribution in [0.2, 0.25) is 5.15 Å². The van der Waals surface area contributed by atoms with Gasteiger partial charge in [-0.05, 0) is 31.9 Å². The van der Waals surface area contributed by atoms with Crippen molar-refractivity contribution < 1.29 is 4.79 Å². The van der Waals surface area contributed by atoms with E-state index >= 15 is 0 Å². The van der Waals surface area contributed by atoms with E-state index in [9.17, 15) is 4.79 Å². The average molecular weight is 257 g/mol. The molecule has 0 bridgehead atoms. The van der Waals surface area contributed by atoms with Gasteiger partial charge in [-0.2, -0.15) is 0 Å². The number of nitrogens with one attached hydrogen (secondary N) is 1. The Hall–Kier alpha value is -1.36. The van der Waals surface area contributed by atoms with E-state index in [0.29, 0.717) is 17.5 Å². The summed E-state index contributed by atoms with van der Waals surface area (Å²) in [7, 11) is 1.61. The summed E-state index contributed by atoms with van der Waals surface area (Å²) < 4.78 is 0. The van der Waals surface area contributed by atoms with Crippen molar-refractivity contribution in [1.82, 2.24) is 15.5 Å². The van der Waals surface area contributed by atoms with Gasteiger partial charge >= 0.3 is 0 Å². The van der Waals surface area contributed by atoms with Crippen molar-refractivity contribution in [2.45, 2.75) is 20.8 Å². The third kappa shape index (κ3) is 3.06. The Morgan fingerprint density at radius 3 is 2.53 bits per heavy atom. The predicted molar refractivity (Wildman–Crippen MR) is 68.5 cm³/mol. The number of halogens is 1. The molecule has 0 aromatic carbocycles. The van der Waals surface area contributed by atoms with Gasteiger partial charge in [-0.3, -0.25) is 4.79 Å². The fourth-order valence-corrected chi connectivity index (χ4v) is 1.63. The predicted octanol–water partition coefficient (Wildman–Crippen LogP) is 1.32.